The Morgan fingerprint density at radius 2 is 2.24 bits per heavy atom. The van der Waals surface area contributed by atoms with Crippen LogP contribution in [0.2, 0.25) is 0 Å². The summed E-state index contributed by atoms with van der Waals surface area (Å²) in [5.41, 5.74) is 3.47. The second kappa shape index (κ2) is 5.14. The molecule has 5 heteroatoms. The van der Waals surface area contributed by atoms with Gasteiger partial charge in [0.2, 0.25) is 5.91 Å². The first-order valence-electron chi connectivity index (χ1n) is 5.26. The van der Waals surface area contributed by atoms with Gasteiger partial charge >= 0.3 is 0 Å². The minimum Gasteiger partial charge on any atom is -0.303 e. The van der Waals surface area contributed by atoms with Crippen molar-refractivity contribution >= 4 is 29.1 Å². The van der Waals surface area contributed by atoms with Crippen molar-refractivity contribution in [2.45, 2.75) is 13.8 Å². The van der Waals surface area contributed by atoms with Gasteiger partial charge in [-0.15, -0.1) is 5.10 Å². The normalized spacial score (nSPS) is 18.0. The van der Waals surface area contributed by atoms with Gasteiger partial charge in [0.05, 0.1) is 12.0 Å². The lowest BCUT2D eigenvalue weighted by Crippen LogP contribution is -2.19. The fraction of sp³-hybridized carbons (Fsp3) is 0.250. The van der Waals surface area contributed by atoms with Crippen molar-refractivity contribution in [3.05, 3.63) is 34.9 Å². The smallest absolute Gasteiger partial charge is 0.236 e. The van der Waals surface area contributed by atoms with Crippen LogP contribution in [0.4, 0.5) is 0 Å². The molecule has 0 bridgehead atoms. The summed E-state index contributed by atoms with van der Waals surface area (Å²) in [6.07, 6.45) is 1.71. The van der Waals surface area contributed by atoms with Gasteiger partial charge in [-0.2, -0.15) is 5.10 Å². The van der Waals surface area contributed by atoms with Crippen LogP contribution in [-0.4, -0.2) is 23.0 Å². The van der Waals surface area contributed by atoms with Gasteiger partial charge in [-0.05, 0) is 30.5 Å². The minimum absolute atomic E-state index is 0.0179. The molecule has 1 aromatic rings. The molecule has 0 radical (unpaired) electrons. The standard InChI is InChI=1S/C12H13N3OS/c1-8-4-3-5-10(9(8)2)6-13-15-12-14-11(16)7-17-12/h3-6H,7H2,1-2H3,(H,14,15,16). The summed E-state index contributed by atoms with van der Waals surface area (Å²) < 4.78 is 0. The molecular weight excluding hydrogens is 234 g/mol. The van der Waals surface area contributed by atoms with Crippen molar-refractivity contribution < 1.29 is 4.79 Å². The third-order valence-corrected chi connectivity index (χ3v) is 3.44. The molecule has 2 rings (SSSR count). The molecule has 1 fully saturated rings. The highest BCUT2D eigenvalue weighted by atomic mass is 32.2. The Morgan fingerprint density at radius 1 is 1.41 bits per heavy atom. The maximum atomic E-state index is 10.9. The van der Waals surface area contributed by atoms with Crippen molar-refractivity contribution in [2.24, 2.45) is 10.2 Å². The number of thioether (sulfide) groups is 1. The molecular formula is C12H13N3OS. The molecule has 1 saturated heterocycles. The van der Waals surface area contributed by atoms with E-state index in [0.717, 1.165) is 5.56 Å². The maximum Gasteiger partial charge on any atom is 0.236 e. The molecule has 1 heterocycles. The lowest BCUT2D eigenvalue weighted by Gasteiger charge is -2.01. The van der Waals surface area contributed by atoms with E-state index in [2.05, 4.69) is 35.4 Å². The quantitative estimate of drug-likeness (QED) is 0.640. The first-order valence-corrected chi connectivity index (χ1v) is 6.25. The highest BCUT2D eigenvalue weighted by Crippen LogP contribution is 2.11. The Hall–Kier alpha value is -1.62. The number of nitrogens with zero attached hydrogens (tertiary/aromatic N) is 2. The molecule has 0 unspecified atom stereocenters. The zero-order valence-electron chi connectivity index (χ0n) is 9.73. The molecule has 88 valence electrons. The predicted molar refractivity (Wildman–Crippen MR) is 71.5 cm³/mol. The lowest BCUT2D eigenvalue weighted by molar-refractivity contribution is -0.116. The maximum absolute atomic E-state index is 10.9. The van der Waals surface area contributed by atoms with Gasteiger partial charge < -0.3 is 5.32 Å². The van der Waals surface area contributed by atoms with Crippen LogP contribution in [0.1, 0.15) is 16.7 Å². The first kappa shape index (κ1) is 11.9. The van der Waals surface area contributed by atoms with Crippen molar-refractivity contribution in [1.29, 1.82) is 0 Å². The number of benzene rings is 1. The van der Waals surface area contributed by atoms with Gasteiger partial charge in [0.1, 0.15) is 0 Å². The van der Waals surface area contributed by atoms with Crippen LogP contribution in [0.15, 0.2) is 28.4 Å². The second-order valence-electron chi connectivity index (χ2n) is 3.78. The molecule has 0 aliphatic carbocycles. The van der Waals surface area contributed by atoms with E-state index in [0.29, 0.717) is 10.9 Å². The van der Waals surface area contributed by atoms with Crippen LogP contribution in [0.3, 0.4) is 0 Å². The summed E-state index contributed by atoms with van der Waals surface area (Å²) >= 11 is 1.37. The monoisotopic (exact) mass is 247 g/mol. The van der Waals surface area contributed by atoms with Crippen LogP contribution in [0, 0.1) is 13.8 Å². The summed E-state index contributed by atoms with van der Waals surface area (Å²) in [7, 11) is 0. The number of amides is 1. The fourth-order valence-corrected chi connectivity index (χ4v) is 2.07. The number of carbonyl (C=O) groups excluding carboxylic acids is 1. The average Bonchev–Trinajstić information content (AvgIpc) is 2.70. The Kier molecular flexibility index (Phi) is 3.58. The molecule has 1 aliphatic rings. The molecule has 4 nitrogen and oxygen atoms in total. The van der Waals surface area contributed by atoms with E-state index in [-0.39, 0.29) is 5.91 Å². The van der Waals surface area contributed by atoms with Gasteiger partial charge in [0, 0.05) is 0 Å². The number of hydrogen-bond donors (Lipinski definition) is 1. The Morgan fingerprint density at radius 3 is 2.94 bits per heavy atom. The average molecular weight is 247 g/mol. The number of rotatable bonds is 2. The molecule has 0 aromatic heterocycles. The summed E-state index contributed by atoms with van der Waals surface area (Å²) in [6.45, 7) is 4.11. The number of hydrogen-bond acceptors (Lipinski definition) is 4. The van der Waals surface area contributed by atoms with E-state index in [1.54, 1.807) is 6.21 Å². The molecule has 1 aliphatic heterocycles. The lowest BCUT2D eigenvalue weighted by atomic mass is 10.0. The van der Waals surface area contributed by atoms with Crippen LogP contribution in [-0.2, 0) is 4.79 Å². The molecule has 0 spiro atoms. The second-order valence-corrected chi connectivity index (χ2v) is 4.74. The first-order chi connectivity index (χ1) is 8.16. The van der Waals surface area contributed by atoms with E-state index < -0.39 is 0 Å². The van der Waals surface area contributed by atoms with Crippen molar-refractivity contribution in [1.82, 2.24) is 5.32 Å². The molecule has 0 saturated carbocycles. The van der Waals surface area contributed by atoms with Crippen molar-refractivity contribution in [3.8, 4) is 0 Å². The van der Waals surface area contributed by atoms with E-state index in [4.69, 9.17) is 0 Å². The van der Waals surface area contributed by atoms with E-state index >= 15 is 0 Å². The summed E-state index contributed by atoms with van der Waals surface area (Å²) in [5.74, 6) is 0.411. The number of carbonyl (C=O) groups is 1. The van der Waals surface area contributed by atoms with Gasteiger partial charge in [-0.3, -0.25) is 4.79 Å². The number of nitrogens with one attached hydrogen (secondary N) is 1. The molecule has 1 aromatic carbocycles. The zero-order valence-corrected chi connectivity index (χ0v) is 10.5. The highest BCUT2D eigenvalue weighted by molar-refractivity contribution is 8.15. The Labute approximate surface area is 104 Å². The topological polar surface area (TPSA) is 53.8 Å². The Bertz CT molecular complexity index is 508. The van der Waals surface area contributed by atoms with E-state index in [1.165, 1.54) is 22.9 Å². The van der Waals surface area contributed by atoms with Crippen LogP contribution in [0.5, 0.6) is 0 Å². The third kappa shape index (κ3) is 2.94. The van der Waals surface area contributed by atoms with Gasteiger partial charge in [-0.25, -0.2) is 0 Å². The summed E-state index contributed by atoms with van der Waals surface area (Å²) in [6, 6.07) is 6.04. The molecule has 1 N–H and O–H groups in total. The van der Waals surface area contributed by atoms with Gasteiger partial charge in [0.25, 0.3) is 0 Å². The minimum atomic E-state index is -0.0179. The molecule has 1 amide bonds. The van der Waals surface area contributed by atoms with E-state index in [1.807, 2.05) is 12.1 Å². The van der Waals surface area contributed by atoms with Gasteiger partial charge in [-0.1, -0.05) is 30.0 Å². The third-order valence-electron chi connectivity index (χ3n) is 2.58. The summed E-state index contributed by atoms with van der Waals surface area (Å²) in [5, 5.41) is 11.1. The van der Waals surface area contributed by atoms with Crippen LogP contribution in [0.25, 0.3) is 0 Å². The van der Waals surface area contributed by atoms with Crippen molar-refractivity contribution in [2.75, 3.05) is 5.75 Å². The van der Waals surface area contributed by atoms with Crippen LogP contribution >= 0.6 is 11.8 Å². The molecule has 0 atom stereocenters. The number of amidine groups is 1. The highest BCUT2D eigenvalue weighted by Gasteiger charge is 2.15. The Balaban J connectivity index is 2.11. The van der Waals surface area contributed by atoms with Crippen molar-refractivity contribution in [3.63, 3.8) is 0 Å². The fourth-order valence-electron chi connectivity index (χ4n) is 1.44. The largest absolute Gasteiger partial charge is 0.303 e. The van der Waals surface area contributed by atoms with Gasteiger partial charge in [0.15, 0.2) is 5.17 Å². The van der Waals surface area contributed by atoms with Crippen LogP contribution < -0.4 is 5.32 Å². The van der Waals surface area contributed by atoms with E-state index in [9.17, 15) is 4.79 Å². The SMILES string of the molecule is Cc1cccc(C=NN=C2NC(=O)CS2)c1C. The molecule has 17 heavy (non-hydrogen) atoms. The number of aryl methyl sites for hydroxylation is 1. The summed E-state index contributed by atoms with van der Waals surface area (Å²) in [4.78, 5) is 10.9. The zero-order chi connectivity index (χ0) is 12.3. The predicted octanol–water partition coefficient (Wildman–Crippen LogP) is 1.86.